The monoisotopic (exact) mass is 262 g/mol. The van der Waals surface area contributed by atoms with Crippen LogP contribution >= 0.6 is 0 Å². The van der Waals surface area contributed by atoms with Crippen molar-refractivity contribution < 1.29 is 49.3 Å². The fraction of sp³-hybridized carbons (Fsp3) is 0.417. The van der Waals surface area contributed by atoms with Gasteiger partial charge in [-0.2, -0.15) is 0 Å². The number of aliphatic hydroxyl groups is 1. The molecule has 0 amide bonds. The maximum atomic E-state index is 11.7. The van der Waals surface area contributed by atoms with Gasteiger partial charge in [-0.05, 0) is 38.5 Å². The minimum Gasteiger partial charge on any atom is -0.507 e. The SMILES string of the molecule is CC(C)(C)OC(=O)c1cc(CO)ccc1O.[BH4-].[Na+]. The third-order valence-corrected chi connectivity index (χ3v) is 1.86. The number of carbonyl (C=O) groups is 1. The van der Waals surface area contributed by atoms with Gasteiger partial charge in [0.05, 0.1) is 6.61 Å². The smallest absolute Gasteiger partial charge is 0.507 e. The molecular weight excluding hydrogens is 242 g/mol. The van der Waals surface area contributed by atoms with Crippen LogP contribution in [0.2, 0.25) is 0 Å². The predicted molar refractivity (Wildman–Crippen MR) is 70.5 cm³/mol. The van der Waals surface area contributed by atoms with Gasteiger partial charge in [-0.25, -0.2) is 4.79 Å². The second kappa shape index (κ2) is 7.84. The van der Waals surface area contributed by atoms with Crippen molar-refractivity contribution in [3.63, 3.8) is 0 Å². The molecule has 1 aromatic rings. The van der Waals surface area contributed by atoms with Crippen molar-refractivity contribution in [2.45, 2.75) is 33.0 Å². The van der Waals surface area contributed by atoms with E-state index >= 15 is 0 Å². The maximum Gasteiger partial charge on any atom is 1.00 e. The Hall–Kier alpha value is -0.485. The molecule has 0 aliphatic carbocycles. The maximum absolute atomic E-state index is 11.7. The van der Waals surface area contributed by atoms with Crippen LogP contribution in [0.25, 0.3) is 0 Å². The number of ether oxygens (including phenoxy) is 1. The van der Waals surface area contributed by atoms with E-state index in [1.165, 1.54) is 12.1 Å². The normalized spacial score (nSPS) is 10.0. The van der Waals surface area contributed by atoms with E-state index in [9.17, 15) is 9.90 Å². The van der Waals surface area contributed by atoms with Gasteiger partial charge in [-0.15, -0.1) is 0 Å². The van der Waals surface area contributed by atoms with Crippen LogP contribution in [0.5, 0.6) is 5.75 Å². The van der Waals surface area contributed by atoms with Crippen LogP contribution in [0.3, 0.4) is 0 Å². The van der Waals surface area contributed by atoms with Crippen molar-refractivity contribution in [3.05, 3.63) is 29.3 Å². The summed E-state index contributed by atoms with van der Waals surface area (Å²) < 4.78 is 5.12. The van der Waals surface area contributed by atoms with Gasteiger partial charge in [0, 0.05) is 0 Å². The predicted octanol–water partition coefficient (Wildman–Crippen LogP) is -2.61. The van der Waals surface area contributed by atoms with Crippen molar-refractivity contribution in [1.29, 1.82) is 0 Å². The zero-order chi connectivity index (χ0) is 12.3. The standard InChI is InChI=1S/C12H16O4.BH4.Na/c1-12(2,3)16-11(15)9-6-8(7-13)4-5-10(9)14;;/h4-6,13-14H,7H2,1-3H3;1H4;/q;-1;+1. The van der Waals surface area contributed by atoms with Crippen molar-refractivity contribution in [2.24, 2.45) is 0 Å². The number of aromatic hydroxyl groups is 1. The van der Waals surface area contributed by atoms with Crippen molar-refractivity contribution in [1.82, 2.24) is 0 Å². The van der Waals surface area contributed by atoms with E-state index in [1.54, 1.807) is 26.8 Å². The van der Waals surface area contributed by atoms with Gasteiger partial charge in [0.1, 0.15) is 16.9 Å². The van der Waals surface area contributed by atoms with Crippen molar-refractivity contribution >= 4 is 14.4 Å². The van der Waals surface area contributed by atoms with Crippen molar-refractivity contribution in [2.75, 3.05) is 0 Å². The van der Waals surface area contributed by atoms with Crippen LogP contribution in [0.1, 0.15) is 36.7 Å². The number of benzene rings is 1. The average Bonchev–Trinajstić information content (AvgIpc) is 2.15. The summed E-state index contributed by atoms with van der Waals surface area (Å²) in [5, 5.41) is 18.4. The molecule has 0 saturated carbocycles. The van der Waals surface area contributed by atoms with Crippen LogP contribution in [-0.2, 0) is 11.3 Å². The summed E-state index contributed by atoms with van der Waals surface area (Å²) >= 11 is 0. The molecule has 0 atom stereocenters. The molecule has 0 spiro atoms. The molecule has 0 saturated heterocycles. The van der Waals surface area contributed by atoms with Gasteiger partial charge in [0.15, 0.2) is 0 Å². The van der Waals surface area contributed by atoms with Crippen molar-refractivity contribution in [3.8, 4) is 5.75 Å². The Kier molecular flexibility index (Phi) is 8.65. The Morgan fingerprint density at radius 3 is 2.33 bits per heavy atom. The van der Waals surface area contributed by atoms with Gasteiger partial charge < -0.3 is 14.9 Å². The second-order valence-electron chi connectivity index (χ2n) is 4.51. The molecule has 4 nitrogen and oxygen atoms in total. The van der Waals surface area contributed by atoms with Gasteiger partial charge in [-0.1, -0.05) is 14.5 Å². The fourth-order valence-corrected chi connectivity index (χ4v) is 1.18. The molecule has 0 aliphatic heterocycles. The number of esters is 1. The summed E-state index contributed by atoms with van der Waals surface area (Å²) in [7, 11) is 0. The molecular formula is C12H20BNaO4. The van der Waals surface area contributed by atoms with E-state index < -0.39 is 11.6 Å². The van der Waals surface area contributed by atoms with Crippen LogP contribution < -0.4 is 29.6 Å². The Morgan fingerprint density at radius 2 is 1.89 bits per heavy atom. The van der Waals surface area contributed by atoms with E-state index in [2.05, 4.69) is 0 Å². The van der Waals surface area contributed by atoms with Crippen LogP contribution in [0.4, 0.5) is 0 Å². The Balaban J connectivity index is 0. The first-order chi connectivity index (χ1) is 7.33. The number of hydrogen-bond donors (Lipinski definition) is 2. The zero-order valence-corrected chi connectivity index (χ0v) is 12.7. The van der Waals surface area contributed by atoms with E-state index in [1.807, 2.05) is 0 Å². The number of aliphatic hydroxyl groups excluding tert-OH is 1. The van der Waals surface area contributed by atoms with Crippen LogP contribution in [0, 0.1) is 0 Å². The molecule has 18 heavy (non-hydrogen) atoms. The summed E-state index contributed by atoms with van der Waals surface area (Å²) in [5.41, 5.74) is 0.0128. The minimum absolute atomic E-state index is 0. The quantitative estimate of drug-likeness (QED) is 0.453. The number of rotatable bonds is 2. The number of phenolic OH excluding ortho intramolecular Hbond substituents is 1. The average molecular weight is 262 g/mol. The summed E-state index contributed by atoms with van der Waals surface area (Å²) in [5.74, 6) is -0.744. The number of carbonyl (C=O) groups excluding carboxylic acids is 1. The molecule has 0 radical (unpaired) electrons. The first-order valence-electron chi connectivity index (χ1n) is 4.99. The van der Waals surface area contributed by atoms with E-state index in [4.69, 9.17) is 9.84 Å². The molecule has 0 bridgehead atoms. The third-order valence-electron chi connectivity index (χ3n) is 1.86. The number of hydrogen-bond acceptors (Lipinski definition) is 4. The summed E-state index contributed by atoms with van der Waals surface area (Å²) in [6, 6.07) is 4.33. The molecule has 1 rings (SSSR count). The molecule has 0 heterocycles. The first kappa shape index (κ1) is 19.8. The minimum atomic E-state index is -0.612. The molecule has 2 N–H and O–H groups in total. The molecule has 0 aromatic heterocycles. The summed E-state index contributed by atoms with van der Waals surface area (Å²) in [6.07, 6.45) is 0. The molecule has 0 aliphatic rings. The van der Waals surface area contributed by atoms with E-state index in [0.29, 0.717) is 5.56 Å². The largest absolute Gasteiger partial charge is 1.00 e. The molecule has 1 aromatic carbocycles. The van der Waals surface area contributed by atoms with Gasteiger partial charge in [0.25, 0.3) is 0 Å². The van der Waals surface area contributed by atoms with Crippen LogP contribution in [-0.4, -0.2) is 30.2 Å². The Bertz CT molecular complexity index is 402. The topological polar surface area (TPSA) is 66.8 Å². The number of phenols is 1. The van der Waals surface area contributed by atoms with Gasteiger partial charge in [-0.3, -0.25) is 0 Å². The molecule has 0 unspecified atom stereocenters. The van der Waals surface area contributed by atoms with Gasteiger partial charge in [0.2, 0.25) is 0 Å². The first-order valence-corrected chi connectivity index (χ1v) is 4.99. The molecule has 96 valence electrons. The zero-order valence-electron chi connectivity index (χ0n) is 10.7. The van der Waals surface area contributed by atoms with Gasteiger partial charge >= 0.3 is 35.5 Å². The van der Waals surface area contributed by atoms with E-state index in [0.717, 1.165) is 0 Å². The summed E-state index contributed by atoms with van der Waals surface area (Å²) in [6.45, 7) is 5.06. The second-order valence-corrected chi connectivity index (χ2v) is 4.51. The molecule has 0 fully saturated rings. The third kappa shape index (κ3) is 5.91. The van der Waals surface area contributed by atoms with Crippen LogP contribution in [0.15, 0.2) is 18.2 Å². The Labute approximate surface area is 131 Å². The summed E-state index contributed by atoms with van der Waals surface area (Å²) in [4.78, 5) is 11.7. The Morgan fingerprint density at radius 1 is 1.33 bits per heavy atom. The van der Waals surface area contributed by atoms with E-state index in [-0.39, 0.29) is 55.9 Å². The fourth-order valence-electron chi connectivity index (χ4n) is 1.18. The molecule has 6 heteroatoms.